The van der Waals surface area contributed by atoms with Gasteiger partial charge >= 0.3 is 5.97 Å². The number of hydrogen-bond acceptors (Lipinski definition) is 6. The first-order chi connectivity index (χ1) is 18.7. The van der Waals surface area contributed by atoms with E-state index in [2.05, 4.69) is 11.4 Å². The van der Waals surface area contributed by atoms with E-state index in [1.54, 1.807) is 6.92 Å². The summed E-state index contributed by atoms with van der Waals surface area (Å²) in [5, 5.41) is 13.1. The maximum absolute atomic E-state index is 11.9. The molecule has 0 radical (unpaired) electrons. The molecule has 1 N–H and O–H groups in total. The van der Waals surface area contributed by atoms with Crippen molar-refractivity contribution < 1.29 is 19.0 Å². The fraction of sp³-hybridized carbons (Fsp3) is 0.188. The van der Waals surface area contributed by atoms with E-state index in [4.69, 9.17) is 14.2 Å². The summed E-state index contributed by atoms with van der Waals surface area (Å²) >= 11 is 0. The first-order valence-corrected chi connectivity index (χ1v) is 12.5. The van der Waals surface area contributed by atoms with E-state index < -0.39 is 0 Å². The summed E-state index contributed by atoms with van der Waals surface area (Å²) in [6.07, 6.45) is 0.519. The van der Waals surface area contributed by atoms with Gasteiger partial charge in [0.25, 0.3) is 0 Å². The number of carbonyl (C=O) groups excluding carboxylic acids is 1. The molecule has 0 unspecified atom stereocenters. The Morgan fingerprint density at radius 1 is 0.789 bits per heavy atom. The van der Waals surface area contributed by atoms with E-state index in [1.807, 2.05) is 97.1 Å². The van der Waals surface area contributed by atoms with Gasteiger partial charge in [0.15, 0.2) is 0 Å². The van der Waals surface area contributed by atoms with E-state index in [0.29, 0.717) is 49.0 Å². The van der Waals surface area contributed by atoms with Gasteiger partial charge in [-0.1, -0.05) is 78.9 Å². The molecule has 0 aromatic heterocycles. The lowest BCUT2D eigenvalue weighted by molar-refractivity contribution is -0.140. The van der Waals surface area contributed by atoms with Gasteiger partial charge in [0.05, 0.1) is 17.9 Å². The molecule has 192 valence electrons. The van der Waals surface area contributed by atoms with Crippen LogP contribution < -0.4 is 14.8 Å². The lowest BCUT2D eigenvalue weighted by atomic mass is 9.99. The maximum Gasteiger partial charge on any atom is 0.325 e. The van der Waals surface area contributed by atoms with Crippen LogP contribution in [-0.4, -0.2) is 19.1 Å². The van der Waals surface area contributed by atoms with Crippen LogP contribution in [0.5, 0.6) is 11.5 Å². The zero-order valence-electron chi connectivity index (χ0n) is 21.4. The number of carbonyl (C=O) groups is 1. The molecule has 0 saturated heterocycles. The smallest absolute Gasteiger partial charge is 0.325 e. The van der Waals surface area contributed by atoms with Gasteiger partial charge in [-0.3, -0.25) is 4.79 Å². The highest BCUT2D eigenvalue weighted by molar-refractivity contribution is 5.76. The van der Waals surface area contributed by atoms with E-state index in [1.165, 1.54) is 0 Å². The minimum atomic E-state index is -0.337. The molecule has 0 fully saturated rings. The maximum atomic E-state index is 11.9. The second-order valence-electron chi connectivity index (χ2n) is 8.62. The Morgan fingerprint density at radius 3 is 2.08 bits per heavy atom. The van der Waals surface area contributed by atoms with Crippen LogP contribution in [0.4, 0.5) is 5.69 Å². The number of benzene rings is 4. The Labute approximate surface area is 223 Å². The van der Waals surface area contributed by atoms with Gasteiger partial charge in [-0.25, -0.2) is 0 Å². The molecule has 4 aromatic carbocycles. The Balaban J connectivity index is 1.54. The summed E-state index contributed by atoms with van der Waals surface area (Å²) in [7, 11) is 0. The Morgan fingerprint density at radius 2 is 1.45 bits per heavy atom. The summed E-state index contributed by atoms with van der Waals surface area (Å²) in [6.45, 7) is 2.90. The third-order valence-corrected chi connectivity index (χ3v) is 5.87. The number of esters is 1. The van der Waals surface area contributed by atoms with Gasteiger partial charge in [-0.2, -0.15) is 5.26 Å². The van der Waals surface area contributed by atoms with Crippen LogP contribution in [0, 0.1) is 11.3 Å². The third kappa shape index (κ3) is 7.37. The van der Waals surface area contributed by atoms with Gasteiger partial charge in [0, 0.05) is 0 Å². The minimum absolute atomic E-state index is 0.0360. The number of nitrogens with zero attached hydrogens (tertiary/aromatic N) is 1. The second kappa shape index (κ2) is 13.5. The SMILES string of the molecule is CCOC(=O)CNc1ccc(Cc2cccc(OCc3ccccc3)c2C#N)cc1OCc1ccccc1. The molecule has 4 rings (SSSR count). The van der Waals surface area contributed by atoms with Crippen LogP contribution in [0.2, 0.25) is 0 Å². The van der Waals surface area contributed by atoms with Crippen molar-refractivity contribution in [2.45, 2.75) is 26.6 Å². The average Bonchev–Trinajstić information content (AvgIpc) is 2.95. The zero-order valence-corrected chi connectivity index (χ0v) is 21.4. The predicted octanol–water partition coefficient (Wildman–Crippen LogP) is 6.28. The molecule has 0 aliphatic carbocycles. The second-order valence-corrected chi connectivity index (χ2v) is 8.62. The summed E-state index contributed by atoms with van der Waals surface area (Å²) < 4.78 is 17.2. The molecular formula is C32H30N2O4. The van der Waals surface area contributed by atoms with Crippen LogP contribution in [-0.2, 0) is 29.2 Å². The van der Waals surface area contributed by atoms with Gasteiger partial charge in [0.2, 0.25) is 0 Å². The molecule has 0 bridgehead atoms. The first kappa shape index (κ1) is 26.3. The molecule has 0 aliphatic rings. The largest absolute Gasteiger partial charge is 0.488 e. The van der Waals surface area contributed by atoms with E-state index >= 15 is 0 Å². The van der Waals surface area contributed by atoms with Gasteiger partial charge in [-0.05, 0) is 53.8 Å². The zero-order chi connectivity index (χ0) is 26.6. The van der Waals surface area contributed by atoms with Crippen LogP contribution in [0.25, 0.3) is 0 Å². The highest BCUT2D eigenvalue weighted by Gasteiger charge is 2.13. The Bertz CT molecular complexity index is 1380. The monoisotopic (exact) mass is 506 g/mol. The third-order valence-electron chi connectivity index (χ3n) is 5.87. The van der Waals surface area contributed by atoms with E-state index in [9.17, 15) is 10.1 Å². The highest BCUT2D eigenvalue weighted by atomic mass is 16.5. The van der Waals surface area contributed by atoms with Crippen molar-refractivity contribution in [3.8, 4) is 17.6 Å². The molecule has 0 atom stereocenters. The molecule has 0 spiro atoms. The van der Waals surface area contributed by atoms with Gasteiger partial charge in [0.1, 0.15) is 37.3 Å². The van der Waals surface area contributed by atoms with Crippen LogP contribution in [0.1, 0.15) is 34.7 Å². The quantitative estimate of drug-likeness (QED) is 0.228. The number of anilines is 1. The fourth-order valence-electron chi connectivity index (χ4n) is 3.98. The summed E-state index contributed by atoms with van der Waals surface area (Å²) in [5.41, 5.74) is 5.10. The summed E-state index contributed by atoms with van der Waals surface area (Å²) in [4.78, 5) is 11.9. The lowest BCUT2D eigenvalue weighted by Crippen LogP contribution is -2.17. The molecule has 0 saturated carbocycles. The van der Waals surface area contributed by atoms with Crippen molar-refractivity contribution in [3.63, 3.8) is 0 Å². The lowest BCUT2D eigenvalue weighted by Gasteiger charge is -2.16. The van der Waals surface area contributed by atoms with Crippen molar-refractivity contribution in [2.75, 3.05) is 18.5 Å². The Hall–Kier alpha value is -4.76. The molecule has 6 nitrogen and oxygen atoms in total. The topological polar surface area (TPSA) is 80.6 Å². The van der Waals surface area contributed by atoms with Crippen LogP contribution in [0.3, 0.4) is 0 Å². The van der Waals surface area contributed by atoms with Gasteiger partial charge < -0.3 is 19.5 Å². The van der Waals surface area contributed by atoms with Gasteiger partial charge in [-0.15, -0.1) is 0 Å². The molecule has 6 heteroatoms. The average molecular weight is 507 g/mol. The Kier molecular flexibility index (Phi) is 9.36. The molecular weight excluding hydrogens is 476 g/mol. The first-order valence-electron chi connectivity index (χ1n) is 12.5. The number of ether oxygens (including phenoxy) is 3. The van der Waals surface area contributed by atoms with E-state index in [0.717, 1.165) is 22.3 Å². The predicted molar refractivity (Wildman–Crippen MR) is 147 cm³/mol. The molecule has 38 heavy (non-hydrogen) atoms. The van der Waals surface area contributed by atoms with Crippen molar-refractivity contribution in [3.05, 3.63) is 125 Å². The van der Waals surface area contributed by atoms with Crippen LogP contribution in [0.15, 0.2) is 97.1 Å². The fourth-order valence-corrected chi connectivity index (χ4v) is 3.98. The minimum Gasteiger partial charge on any atom is -0.488 e. The number of rotatable bonds is 12. The van der Waals surface area contributed by atoms with Crippen molar-refractivity contribution >= 4 is 11.7 Å². The molecule has 0 aliphatic heterocycles. The molecule has 0 amide bonds. The van der Waals surface area contributed by atoms with Crippen molar-refractivity contribution in [1.82, 2.24) is 0 Å². The number of hydrogen-bond donors (Lipinski definition) is 1. The van der Waals surface area contributed by atoms with Crippen molar-refractivity contribution in [1.29, 1.82) is 5.26 Å². The summed E-state index contributed by atoms with van der Waals surface area (Å²) in [6, 6.07) is 33.5. The van der Waals surface area contributed by atoms with Crippen molar-refractivity contribution in [2.24, 2.45) is 0 Å². The number of nitrogens with one attached hydrogen (secondary N) is 1. The number of nitriles is 1. The van der Waals surface area contributed by atoms with Crippen LogP contribution >= 0.6 is 0 Å². The highest BCUT2D eigenvalue weighted by Crippen LogP contribution is 2.30. The normalized spacial score (nSPS) is 10.3. The molecule has 0 heterocycles. The summed E-state index contributed by atoms with van der Waals surface area (Å²) in [5.74, 6) is 0.837. The standard InChI is InChI=1S/C32H30N2O4/c1-2-36-32(35)21-34-29-17-16-26(19-31(29)38-23-25-12-7-4-8-13-25)18-27-14-9-15-30(28(27)20-33)37-22-24-10-5-3-6-11-24/h3-17,19,34H,2,18,21-23H2,1H3. The van der Waals surface area contributed by atoms with E-state index in [-0.39, 0.29) is 12.5 Å². The molecule has 4 aromatic rings.